The minimum atomic E-state index is -0.375. The van der Waals surface area contributed by atoms with Crippen LogP contribution in [-0.4, -0.2) is 33.5 Å². The highest BCUT2D eigenvalue weighted by Gasteiger charge is 2.36. The summed E-state index contributed by atoms with van der Waals surface area (Å²) in [7, 11) is 0. The third kappa shape index (κ3) is 2.96. The molecule has 1 aliphatic heterocycles. The molecular weight excluding hydrogens is 318 g/mol. The molecule has 0 aliphatic carbocycles. The molecule has 2 N–H and O–H groups in total. The molecule has 0 radical (unpaired) electrons. The zero-order chi connectivity index (χ0) is 17.2. The van der Waals surface area contributed by atoms with Gasteiger partial charge in [-0.25, -0.2) is 0 Å². The molecule has 3 heterocycles. The summed E-state index contributed by atoms with van der Waals surface area (Å²) >= 11 is 0. The highest BCUT2D eigenvalue weighted by molar-refractivity contribution is 6.05. The van der Waals surface area contributed by atoms with E-state index in [0.717, 1.165) is 16.5 Å². The quantitative estimate of drug-likeness (QED) is 0.758. The molecule has 0 bridgehead atoms. The number of hydrogen-bond acceptors (Lipinski definition) is 4. The number of hydrogen-bond donors (Lipinski definition) is 2. The normalized spacial score (nSPS) is 17.2. The van der Waals surface area contributed by atoms with Crippen LogP contribution in [0.4, 0.5) is 5.82 Å². The predicted octanol–water partition coefficient (Wildman–Crippen LogP) is 1.63. The maximum absolute atomic E-state index is 12.4. The van der Waals surface area contributed by atoms with Gasteiger partial charge in [0.1, 0.15) is 0 Å². The number of anilines is 1. The molecule has 7 nitrogen and oxygen atoms in total. The first-order chi connectivity index (χ1) is 12.2. The molecule has 1 saturated heterocycles. The Labute approximate surface area is 144 Å². The van der Waals surface area contributed by atoms with Crippen LogP contribution in [0.1, 0.15) is 12.0 Å². The SMILES string of the molecule is O=C(NCc1cccnc1)[C@@H]1CC(=O)N(c2n[nH]c3ccccc23)C1. The molecule has 25 heavy (non-hydrogen) atoms. The van der Waals surface area contributed by atoms with Crippen LogP contribution in [0, 0.1) is 5.92 Å². The lowest BCUT2D eigenvalue weighted by Crippen LogP contribution is -2.32. The van der Waals surface area contributed by atoms with Crippen LogP contribution >= 0.6 is 0 Å². The van der Waals surface area contributed by atoms with Crippen molar-refractivity contribution in [1.82, 2.24) is 20.5 Å². The summed E-state index contributed by atoms with van der Waals surface area (Å²) < 4.78 is 0. The van der Waals surface area contributed by atoms with Crippen molar-refractivity contribution in [3.63, 3.8) is 0 Å². The second-order valence-electron chi connectivity index (χ2n) is 6.08. The number of amides is 2. The third-order valence-electron chi connectivity index (χ3n) is 4.39. The molecule has 1 fully saturated rings. The minimum absolute atomic E-state index is 0.0845. The molecule has 2 aromatic heterocycles. The van der Waals surface area contributed by atoms with E-state index in [4.69, 9.17) is 0 Å². The Balaban J connectivity index is 1.46. The zero-order valence-electron chi connectivity index (χ0n) is 13.5. The standard InChI is InChI=1S/C18H17N5O2/c24-16-8-13(18(25)20-10-12-4-3-7-19-9-12)11-23(16)17-14-5-1-2-6-15(14)21-22-17/h1-7,9,13H,8,10-11H2,(H,20,25)(H,21,22)/t13-/m1/s1. The number of aromatic amines is 1. The summed E-state index contributed by atoms with van der Waals surface area (Å²) in [6.07, 6.45) is 3.59. The van der Waals surface area contributed by atoms with Gasteiger partial charge in [-0.1, -0.05) is 18.2 Å². The highest BCUT2D eigenvalue weighted by Crippen LogP contribution is 2.29. The van der Waals surface area contributed by atoms with E-state index in [-0.39, 0.29) is 24.2 Å². The smallest absolute Gasteiger partial charge is 0.229 e. The van der Waals surface area contributed by atoms with Gasteiger partial charge in [-0.05, 0) is 23.8 Å². The monoisotopic (exact) mass is 335 g/mol. The van der Waals surface area contributed by atoms with E-state index in [1.807, 2.05) is 36.4 Å². The average molecular weight is 335 g/mol. The molecule has 0 spiro atoms. The molecule has 126 valence electrons. The van der Waals surface area contributed by atoms with Gasteiger partial charge in [0, 0.05) is 37.3 Å². The van der Waals surface area contributed by atoms with Gasteiger partial charge >= 0.3 is 0 Å². The Bertz CT molecular complexity index is 921. The van der Waals surface area contributed by atoms with Gasteiger partial charge in [0.25, 0.3) is 0 Å². The Kier molecular flexibility index (Phi) is 3.89. The summed E-state index contributed by atoms with van der Waals surface area (Å²) in [5, 5.41) is 10.9. The van der Waals surface area contributed by atoms with Crippen LogP contribution in [0.25, 0.3) is 10.9 Å². The lowest BCUT2D eigenvalue weighted by Gasteiger charge is -2.14. The molecule has 1 aliphatic rings. The van der Waals surface area contributed by atoms with Crippen LogP contribution in [-0.2, 0) is 16.1 Å². The Morgan fingerprint density at radius 1 is 1.28 bits per heavy atom. The predicted molar refractivity (Wildman–Crippen MR) is 92.6 cm³/mol. The number of fused-ring (bicyclic) bond motifs is 1. The zero-order valence-corrected chi connectivity index (χ0v) is 13.5. The van der Waals surface area contributed by atoms with Crippen molar-refractivity contribution in [2.75, 3.05) is 11.4 Å². The van der Waals surface area contributed by atoms with Crippen molar-refractivity contribution in [3.8, 4) is 0 Å². The maximum Gasteiger partial charge on any atom is 0.229 e. The number of pyridine rings is 1. The van der Waals surface area contributed by atoms with Crippen LogP contribution in [0.2, 0.25) is 0 Å². The van der Waals surface area contributed by atoms with Gasteiger partial charge in [-0.2, -0.15) is 5.10 Å². The number of benzene rings is 1. The van der Waals surface area contributed by atoms with Crippen LogP contribution < -0.4 is 10.2 Å². The van der Waals surface area contributed by atoms with Crippen molar-refractivity contribution in [3.05, 3.63) is 54.4 Å². The number of H-pyrrole nitrogens is 1. The van der Waals surface area contributed by atoms with Crippen molar-refractivity contribution in [2.45, 2.75) is 13.0 Å². The molecule has 0 saturated carbocycles. The van der Waals surface area contributed by atoms with E-state index in [9.17, 15) is 9.59 Å². The second-order valence-corrected chi connectivity index (χ2v) is 6.08. The minimum Gasteiger partial charge on any atom is -0.352 e. The Morgan fingerprint density at radius 3 is 3.00 bits per heavy atom. The van der Waals surface area contributed by atoms with Crippen molar-refractivity contribution >= 4 is 28.5 Å². The fraction of sp³-hybridized carbons (Fsp3) is 0.222. The summed E-state index contributed by atoms with van der Waals surface area (Å²) in [6.45, 7) is 0.745. The molecule has 7 heteroatoms. The van der Waals surface area contributed by atoms with Crippen molar-refractivity contribution in [2.24, 2.45) is 5.92 Å². The number of carbonyl (C=O) groups is 2. The molecule has 0 unspecified atom stereocenters. The topological polar surface area (TPSA) is 91.0 Å². The highest BCUT2D eigenvalue weighted by atomic mass is 16.2. The van der Waals surface area contributed by atoms with Crippen molar-refractivity contribution < 1.29 is 9.59 Å². The summed E-state index contributed by atoms with van der Waals surface area (Å²) in [4.78, 5) is 30.4. The number of carbonyl (C=O) groups excluding carboxylic acids is 2. The van der Waals surface area contributed by atoms with Crippen LogP contribution in [0.5, 0.6) is 0 Å². The van der Waals surface area contributed by atoms with Crippen LogP contribution in [0.3, 0.4) is 0 Å². The van der Waals surface area contributed by atoms with Crippen molar-refractivity contribution in [1.29, 1.82) is 0 Å². The molecule has 4 rings (SSSR count). The van der Waals surface area contributed by atoms with Gasteiger partial charge in [0.15, 0.2) is 5.82 Å². The lowest BCUT2D eigenvalue weighted by atomic mass is 10.1. The molecule has 1 atom stereocenters. The summed E-state index contributed by atoms with van der Waals surface area (Å²) in [6, 6.07) is 11.4. The van der Waals surface area contributed by atoms with E-state index >= 15 is 0 Å². The van der Waals surface area contributed by atoms with E-state index in [1.165, 1.54) is 0 Å². The van der Waals surface area contributed by atoms with E-state index < -0.39 is 0 Å². The number of aromatic nitrogens is 3. The molecule has 2 amide bonds. The van der Waals surface area contributed by atoms with Gasteiger partial charge in [-0.15, -0.1) is 0 Å². The number of nitrogens with zero attached hydrogens (tertiary/aromatic N) is 3. The van der Waals surface area contributed by atoms with Gasteiger partial charge in [0.2, 0.25) is 11.8 Å². The first-order valence-electron chi connectivity index (χ1n) is 8.12. The van der Waals surface area contributed by atoms with Gasteiger partial charge in [-0.3, -0.25) is 24.6 Å². The van der Waals surface area contributed by atoms with E-state index in [1.54, 1.807) is 17.3 Å². The summed E-state index contributed by atoms with van der Waals surface area (Å²) in [5.41, 5.74) is 1.80. The van der Waals surface area contributed by atoms with Gasteiger partial charge < -0.3 is 5.32 Å². The number of rotatable bonds is 4. The Hall–Kier alpha value is -3.22. The van der Waals surface area contributed by atoms with E-state index in [2.05, 4.69) is 20.5 Å². The maximum atomic E-state index is 12.4. The van der Waals surface area contributed by atoms with Gasteiger partial charge in [0.05, 0.1) is 11.4 Å². The first kappa shape index (κ1) is 15.3. The fourth-order valence-corrected chi connectivity index (χ4v) is 3.08. The number of para-hydroxylation sites is 1. The fourth-order valence-electron chi connectivity index (χ4n) is 3.08. The molecule has 1 aromatic carbocycles. The largest absolute Gasteiger partial charge is 0.352 e. The third-order valence-corrected chi connectivity index (χ3v) is 4.39. The second kappa shape index (κ2) is 6.35. The average Bonchev–Trinajstić information content (AvgIpc) is 3.24. The van der Waals surface area contributed by atoms with Crippen LogP contribution in [0.15, 0.2) is 48.8 Å². The molecular formula is C18H17N5O2. The lowest BCUT2D eigenvalue weighted by molar-refractivity contribution is -0.126. The van der Waals surface area contributed by atoms with E-state index in [0.29, 0.717) is 18.9 Å². The molecule has 3 aromatic rings. The Morgan fingerprint density at radius 2 is 2.16 bits per heavy atom. The number of nitrogens with one attached hydrogen (secondary N) is 2. The summed E-state index contributed by atoms with van der Waals surface area (Å²) in [5.74, 6) is 0.00104. The first-order valence-corrected chi connectivity index (χ1v) is 8.12.